The number of rotatable bonds is 4. The third-order valence-corrected chi connectivity index (χ3v) is 4.12. The zero-order chi connectivity index (χ0) is 23.0. The minimum atomic E-state index is -5.08. The number of esters is 1. The Bertz CT molecular complexity index is 1120. The lowest BCUT2D eigenvalue weighted by molar-refractivity contribution is -0.143. The molecule has 0 saturated carbocycles. The van der Waals surface area contributed by atoms with Crippen molar-refractivity contribution in [1.82, 2.24) is 9.61 Å². The van der Waals surface area contributed by atoms with Gasteiger partial charge in [-0.05, 0) is 37.3 Å². The van der Waals surface area contributed by atoms with Gasteiger partial charge in [-0.15, -0.1) is 0 Å². The molecular weight excluding hydrogens is 432 g/mol. The minimum absolute atomic E-state index is 0.0227. The second-order valence-corrected chi connectivity index (χ2v) is 6.27. The van der Waals surface area contributed by atoms with Crippen molar-refractivity contribution in [3.8, 4) is 0 Å². The molecule has 0 radical (unpaired) electrons. The number of ether oxygens (including phenoxy) is 1. The van der Waals surface area contributed by atoms with E-state index < -0.39 is 40.9 Å². The fourth-order valence-electron chi connectivity index (χ4n) is 2.71. The van der Waals surface area contributed by atoms with Crippen LogP contribution in [-0.2, 0) is 17.1 Å². The van der Waals surface area contributed by atoms with Crippen LogP contribution in [0.25, 0.3) is 5.52 Å². The number of hydrogen-bond donors (Lipinski definition) is 1. The predicted molar refractivity (Wildman–Crippen MR) is 95.5 cm³/mol. The van der Waals surface area contributed by atoms with Crippen molar-refractivity contribution in [3.05, 3.63) is 65.0 Å². The molecule has 0 spiro atoms. The van der Waals surface area contributed by atoms with E-state index in [0.29, 0.717) is 12.1 Å². The Morgan fingerprint density at radius 2 is 1.65 bits per heavy atom. The lowest BCUT2D eigenvalue weighted by Gasteiger charge is -2.14. The molecule has 12 heteroatoms. The van der Waals surface area contributed by atoms with Gasteiger partial charge in [-0.2, -0.15) is 31.4 Å². The number of pyridine rings is 1. The van der Waals surface area contributed by atoms with Crippen LogP contribution in [0.15, 0.2) is 42.7 Å². The van der Waals surface area contributed by atoms with E-state index in [0.717, 1.165) is 0 Å². The average Bonchev–Trinajstić information content (AvgIpc) is 3.10. The summed E-state index contributed by atoms with van der Waals surface area (Å²) in [7, 11) is 0. The summed E-state index contributed by atoms with van der Waals surface area (Å²) < 4.78 is 84.1. The third-order valence-electron chi connectivity index (χ3n) is 4.12. The van der Waals surface area contributed by atoms with Crippen LogP contribution in [0.4, 0.5) is 32.0 Å². The number of hydrogen-bond acceptors (Lipinski definition) is 4. The fourth-order valence-corrected chi connectivity index (χ4v) is 2.71. The van der Waals surface area contributed by atoms with Gasteiger partial charge in [0.25, 0.3) is 5.91 Å². The number of benzene rings is 1. The second-order valence-electron chi connectivity index (χ2n) is 6.27. The summed E-state index contributed by atoms with van der Waals surface area (Å²) in [5.74, 6) is -1.88. The smallest absolute Gasteiger partial charge is 0.416 e. The summed E-state index contributed by atoms with van der Waals surface area (Å²) in [4.78, 5) is 24.4. The topological polar surface area (TPSA) is 72.7 Å². The Morgan fingerprint density at radius 1 is 1.03 bits per heavy atom. The molecule has 0 fully saturated rings. The molecule has 31 heavy (non-hydrogen) atoms. The number of anilines is 1. The van der Waals surface area contributed by atoms with Crippen molar-refractivity contribution < 1.29 is 40.7 Å². The number of halogens is 6. The number of carbonyl (C=O) groups is 2. The quantitative estimate of drug-likeness (QED) is 0.463. The normalized spacial score (nSPS) is 12.1. The first kappa shape index (κ1) is 22.1. The summed E-state index contributed by atoms with van der Waals surface area (Å²) in [6.45, 7) is 1.70. The average molecular weight is 445 g/mol. The summed E-state index contributed by atoms with van der Waals surface area (Å²) in [6.07, 6.45) is -7.59. The van der Waals surface area contributed by atoms with E-state index >= 15 is 0 Å². The van der Waals surface area contributed by atoms with Crippen molar-refractivity contribution in [2.24, 2.45) is 0 Å². The van der Waals surface area contributed by atoms with Crippen molar-refractivity contribution in [2.45, 2.75) is 19.3 Å². The van der Waals surface area contributed by atoms with E-state index in [-0.39, 0.29) is 29.4 Å². The number of fused-ring (bicyclic) bond motifs is 1. The molecule has 2 aromatic heterocycles. The van der Waals surface area contributed by atoms with E-state index in [1.54, 1.807) is 6.92 Å². The van der Waals surface area contributed by atoms with E-state index in [9.17, 15) is 35.9 Å². The monoisotopic (exact) mass is 445 g/mol. The van der Waals surface area contributed by atoms with Gasteiger partial charge in [0, 0.05) is 17.4 Å². The van der Waals surface area contributed by atoms with E-state index in [1.807, 2.05) is 0 Å². The Morgan fingerprint density at radius 3 is 2.19 bits per heavy atom. The van der Waals surface area contributed by atoms with E-state index in [1.165, 1.54) is 29.0 Å². The lowest BCUT2D eigenvalue weighted by Crippen LogP contribution is -2.17. The summed E-state index contributed by atoms with van der Waals surface area (Å²) in [6, 6.07) is 3.18. The van der Waals surface area contributed by atoms with Gasteiger partial charge in [0.05, 0.1) is 29.4 Å². The van der Waals surface area contributed by atoms with Crippen LogP contribution in [0, 0.1) is 0 Å². The fraction of sp³-hybridized carbons (Fsp3) is 0.211. The van der Waals surface area contributed by atoms with Crippen LogP contribution in [-0.4, -0.2) is 28.1 Å². The summed E-state index contributed by atoms with van der Waals surface area (Å²) in [5, 5.41) is 6.16. The second kappa shape index (κ2) is 7.93. The van der Waals surface area contributed by atoms with Crippen LogP contribution in [0.3, 0.4) is 0 Å². The van der Waals surface area contributed by atoms with Crippen LogP contribution in [0.1, 0.15) is 38.8 Å². The van der Waals surface area contributed by atoms with Crippen molar-refractivity contribution in [2.75, 3.05) is 11.9 Å². The molecule has 6 nitrogen and oxygen atoms in total. The maximum atomic E-state index is 13.0. The summed E-state index contributed by atoms with van der Waals surface area (Å²) in [5.41, 5.74) is -3.74. The Kier molecular flexibility index (Phi) is 5.66. The van der Waals surface area contributed by atoms with Crippen molar-refractivity contribution >= 4 is 23.1 Å². The number of nitrogens with zero attached hydrogens (tertiary/aromatic N) is 2. The van der Waals surface area contributed by atoms with Crippen LogP contribution < -0.4 is 5.32 Å². The number of nitrogens with one attached hydrogen (secondary N) is 1. The van der Waals surface area contributed by atoms with Crippen LogP contribution in [0.2, 0.25) is 0 Å². The molecule has 0 aliphatic carbocycles. The van der Waals surface area contributed by atoms with Crippen LogP contribution >= 0.6 is 0 Å². The predicted octanol–water partition coefficient (Wildman–Crippen LogP) is 4.80. The molecule has 0 saturated heterocycles. The third kappa shape index (κ3) is 4.78. The number of aromatic nitrogens is 2. The molecule has 1 aromatic carbocycles. The van der Waals surface area contributed by atoms with E-state index in [4.69, 9.17) is 4.74 Å². The maximum absolute atomic E-state index is 13.0. The molecule has 0 atom stereocenters. The molecule has 3 aromatic rings. The molecule has 3 rings (SSSR count). The first-order chi connectivity index (χ1) is 14.4. The molecule has 0 aliphatic heterocycles. The molecule has 164 valence electrons. The highest BCUT2D eigenvalue weighted by Gasteiger charge is 2.37. The zero-order valence-corrected chi connectivity index (χ0v) is 15.6. The summed E-state index contributed by atoms with van der Waals surface area (Å²) >= 11 is 0. The van der Waals surface area contributed by atoms with Gasteiger partial charge in [-0.1, -0.05) is 0 Å². The van der Waals surface area contributed by atoms with Gasteiger partial charge in [0.1, 0.15) is 5.56 Å². The molecule has 1 amide bonds. The largest absolute Gasteiger partial charge is 0.462 e. The Labute approximate surface area is 170 Å². The molecule has 0 unspecified atom stereocenters. The maximum Gasteiger partial charge on any atom is 0.416 e. The Balaban J connectivity index is 1.96. The first-order valence-electron chi connectivity index (χ1n) is 8.65. The Hall–Kier alpha value is -3.57. The van der Waals surface area contributed by atoms with Crippen molar-refractivity contribution in [3.63, 3.8) is 0 Å². The van der Waals surface area contributed by atoms with Gasteiger partial charge in [-0.25, -0.2) is 9.31 Å². The lowest BCUT2D eigenvalue weighted by atomic mass is 10.0. The SMILES string of the molecule is CCOC(=O)c1cnn2ccc(NC(=O)c3cc(C(F)(F)F)cc(C(F)(F)F)c3)cc12. The number of carbonyl (C=O) groups excluding carboxylic acids is 2. The minimum Gasteiger partial charge on any atom is -0.462 e. The highest BCUT2D eigenvalue weighted by molar-refractivity contribution is 6.05. The highest BCUT2D eigenvalue weighted by Crippen LogP contribution is 2.36. The number of amides is 1. The van der Waals surface area contributed by atoms with Crippen molar-refractivity contribution in [1.29, 1.82) is 0 Å². The molecular formula is C19H13F6N3O3. The van der Waals surface area contributed by atoms with Gasteiger partial charge in [-0.3, -0.25) is 4.79 Å². The standard InChI is InChI=1S/C19H13F6N3O3/c1-2-31-17(30)14-9-26-28-4-3-13(8-15(14)28)27-16(29)10-5-11(18(20,21)22)7-12(6-10)19(23,24)25/h3-9H,2H2,1H3,(H,27,29). The molecule has 0 bridgehead atoms. The van der Waals surface area contributed by atoms with Gasteiger partial charge in [0.15, 0.2) is 0 Å². The molecule has 1 N–H and O–H groups in total. The highest BCUT2D eigenvalue weighted by atomic mass is 19.4. The molecule has 2 heterocycles. The van der Waals surface area contributed by atoms with Gasteiger partial charge in [0.2, 0.25) is 0 Å². The zero-order valence-electron chi connectivity index (χ0n) is 15.6. The van der Waals surface area contributed by atoms with Gasteiger partial charge >= 0.3 is 18.3 Å². The van der Waals surface area contributed by atoms with Crippen LogP contribution in [0.5, 0.6) is 0 Å². The molecule has 0 aliphatic rings. The van der Waals surface area contributed by atoms with E-state index in [2.05, 4.69) is 10.4 Å². The first-order valence-corrected chi connectivity index (χ1v) is 8.65. The number of alkyl halides is 6. The van der Waals surface area contributed by atoms with Gasteiger partial charge < -0.3 is 10.1 Å².